The van der Waals surface area contributed by atoms with E-state index in [0.717, 1.165) is 5.75 Å². The number of hydrogen-bond donors (Lipinski definition) is 1. The predicted molar refractivity (Wildman–Crippen MR) is 72.0 cm³/mol. The molecule has 1 heterocycles. The average molecular weight is 265 g/mol. The topological polar surface area (TPSA) is 68.0 Å². The second-order valence-corrected chi connectivity index (χ2v) is 5.22. The fourth-order valence-electron chi connectivity index (χ4n) is 1.96. The van der Waals surface area contributed by atoms with E-state index in [2.05, 4.69) is 23.5 Å². The van der Waals surface area contributed by atoms with Crippen LogP contribution in [0.3, 0.4) is 0 Å². The van der Waals surface area contributed by atoms with Gasteiger partial charge in [-0.1, -0.05) is 18.2 Å². The smallest absolute Gasteiger partial charge is 0.337 e. The molecule has 6 heteroatoms. The van der Waals surface area contributed by atoms with E-state index in [1.807, 2.05) is 0 Å². The zero-order valence-electron chi connectivity index (χ0n) is 10.3. The molecular formula is C12H15N3O2S. The van der Waals surface area contributed by atoms with Crippen LogP contribution < -0.4 is 0 Å². The summed E-state index contributed by atoms with van der Waals surface area (Å²) in [6.45, 7) is 2.80. The molecule has 0 aliphatic carbocycles. The number of benzene rings is 1. The SMILES string of the molecule is CSCC(C)Cn1nnc2cccc(C(=O)O)c21. The Morgan fingerprint density at radius 2 is 2.33 bits per heavy atom. The molecule has 18 heavy (non-hydrogen) atoms. The Bertz CT molecular complexity index is 567. The van der Waals surface area contributed by atoms with E-state index in [4.69, 9.17) is 0 Å². The fourth-order valence-corrected chi connectivity index (χ4v) is 2.64. The number of para-hydroxylation sites is 1. The first-order valence-electron chi connectivity index (χ1n) is 5.68. The number of carboxylic acids is 1. The van der Waals surface area contributed by atoms with Crippen LogP contribution in [0.25, 0.3) is 11.0 Å². The van der Waals surface area contributed by atoms with Gasteiger partial charge in [0.25, 0.3) is 0 Å². The number of aromatic nitrogens is 3. The number of carboxylic acid groups (broad SMARTS) is 1. The lowest BCUT2D eigenvalue weighted by Gasteiger charge is -2.10. The summed E-state index contributed by atoms with van der Waals surface area (Å²) in [6, 6.07) is 5.06. The molecule has 0 amide bonds. The van der Waals surface area contributed by atoms with E-state index >= 15 is 0 Å². The number of nitrogens with zero attached hydrogens (tertiary/aromatic N) is 3. The Labute approximate surface area is 109 Å². The fraction of sp³-hybridized carbons (Fsp3) is 0.417. The van der Waals surface area contributed by atoms with E-state index in [-0.39, 0.29) is 5.56 Å². The summed E-state index contributed by atoms with van der Waals surface area (Å²) in [6.07, 6.45) is 2.05. The molecule has 1 aromatic heterocycles. The first-order chi connectivity index (χ1) is 8.63. The Balaban J connectivity index is 2.42. The normalized spacial score (nSPS) is 12.8. The summed E-state index contributed by atoms with van der Waals surface area (Å²) in [4.78, 5) is 11.2. The summed E-state index contributed by atoms with van der Waals surface area (Å²) in [5.74, 6) is 0.491. The number of carbonyl (C=O) groups is 1. The summed E-state index contributed by atoms with van der Waals surface area (Å²) >= 11 is 1.77. The van der Waals surface area contributed by atoms with Crippen molar-refractivity contribution >= 4 is 28.8 Å². The Hall–Kier alpha value is -1.56. The van der Waals surface area contributed by atoms with Crippen LogP contribution in [0.4, 0.5) is 0 Å². The van der Waals surface area contributed by atoms with Crippen molar-refractivity contribution in [3.63, 3.8) is 0 Å². The zero-order valence-corrected chi connectivity index (χ0v) is 11.1. The largest absolute Gasteiger partial charge is 0.478 e. The van der Waals surface area contributed by atoms with Gasteiger partial charge in [-0.05, 0) is 30.1 Å². The van der Waals surface area contributed by atoms with E-state index < -0.39 is 5.97 Å². The van der Waals surface area contributed by atoms with Gasteiger partial charge in [-0.2, -0.15) is 11.8 Å². The molecule has 96 valence electrons. The molecule has 0 spiro atoms. The number of rotatable bonds is 5. The van der Waals surface area contributed by atoms with Crippen LogP contribution in [-0.4, -0.2) is 38.1 Å². The van der Waals surface area contributed by atoms with Gasteiger partial charge < -0.3 is 5.11 Å². The zero-order chi connectivity index (χ0) is 13.1. The highest BCUT2D eigenvalue weighted by Crippen LogP contribution is 2.18. The minimum atomic E-state index is -0.943. The Kier molecular flexibility index (Phi) is 3.86. The molecule has 1 aromatic carbocycles. The molecule has 0 aliphatic heterocycles. The summed E-state index contributed by atoms with van der Waals surface area (Å²) < 4.78 is 1.69. The lowest BCUT2D eigenvalue weighted by Crippen LogP contribution is -2.12. The summed E-state index contributed by atoms with van der Waals surface area (Å²) in [5.41, 5.74) is 1.50. The van der Waals surface area contributed by atoms with Gasteiger partial charge in [-0.15, -0.1) is 5.10 Å². The van der Waals surface area contributed by atoms with Gasteiger partial charge in [0.05, 0.1) is 5.56 Å². The van der Waals surface area contributed by atoms with Gasteiger partial charge in [0.1, 0.15) is 11.0 Å². The molecule has 1 unspecified atom stereocenters. The van der Waals surface area contributed by atoms with Crippen molar-refractivity contribution in [2.24, 2.45) is 5.92 Å². The highest BCUT2D eigenvalue weighted by molar-refractivity contribution is 7.98. The van der Waals surface area contributed by atoms with Crippen molar-refractivity contribution in [2.45, 2.75) is 13.5 Å². The van der Waals surface area contributed by atoms with Gasteiger partial charge in [0.2, 0.25) is 0 Å². The van der Waals surface area contributed by atoms with Crippen molar-refractivity contribution in [3.05, 3.63) is 23.8 Å². The Morgan fingerprint density at radius 1 is 1.56 bits per heavy atom. The van der Waals surface area contributed by atoms with Crippen LogP contribution in [0.15, 0.2) is 18.2 Å². The molecule has 2 rings (SSSR count). The number of fused-ring (bicyclic) bond motifs is 1. The minimum Gasteiger partial charge on any atom is -0.478 e. The minimum absolute atomic E-state index is 0.258. The van der Waals surface area contributed by atoms with E-state index in [0.29, 0.717) is 23.5 Å². The lowest BCUT2D eigenvalue weighted by molar-refractivity contribution is 0.0698. The van der Waals surface area contributed by atoms with Crippen molar-refractivity contribution in [3.8, 4) is 0 Å². The van der Waals surface area contributed by atoms with Crippen molar-refractivity contribution in [2.75, 3.05) is 12.0 Å². The highest BCUT2D eigenvalue weighted by Gasteiger charge is 2.15. The van der Waals surface area contributed by atoms with Crippen LogP contribution in [0.5, 0.6) is 0 Å². The van der Waals surface area contributed by atoms with E-state index in [9.17, 15) is 9.90 Å². The Morgan fingerprint density at radius 3 is 3.00 bits per heavy atom. The van der Waals surface area contributed by atoms with Gasteiger partial charge in [-0.3, -0.25) is 0 Å². The molecule has 5 nitrogen and oxygen atoms in total. The molecule has 2 aromatic rings. The van der Waals surface area contributed by atoms with Gasteiger partial charge in [0, 0.05) is 6.54 Å². The first-order valence-corrected chi connectivity index (χ1v) is 7.07. The second-order valence-electron chi connectivity index (χ2n) is 4.31. The molecule has 1 N–H and O–H groups in total. The van der Waals surface area contributed by atoms with Gasteiger partial charge in [-0.25, -0.2) is 9.48 Å². The number of thioether (sulfide) groups is 1. The van der Waals surface area contributed by atoms with E-state index in [1.165, 1.54) is 0 Å². The second kappa shape index (κ2) is 5.39. The maximum atomic E-state index is 11.2. The van der Waals surface area contributed by atoms with Crippen molar-refractivity contribution in [1.82, 2.24) is 15.0 Å². The molecule has 0 fully saturated rings. The third-order valence-corrected chi connectivity index (χ3v) is 3.60. The molecule has 0 bridgehead atoms. The molecule has 0 radical (unpaired) electrons. The lowest BCUT2D eigenvalue weighted by atomic mass is 10.1. The molecule has 0 saturated carbocycles. The number of aromatic carboxylic acids is 1. The van der Waals surface area contributed by atoms with E-state index in [1.54, 1.807) is 34.6 Å². The molecule has 0 saturated heterocycles. The monoisotopic (exact) mass is 265 g/mol. The van der Waals surface area contributed by atoms with Crippen molar-refractivity contribution < 1.29 is 9.90 Å². The van der Waals surface area contributed by atoms with Crippen LogP contribution >= 0.6 is 11.8 Å². The van der Waals surface area contributed by atoms with Crippen LogP contribution in [0.1, 0.15) is 17.3 Å². The number of hydrogen-bond acceptors (Lipinski definition) is 4. The summed E-state index contributed by atoms with van der Waals surface area (Å²) in [7, 11) is 0. The highest BCUT2D eigenvalue weighted by atomic mass is 32.2. The molecular weight excluding hydrogens is 250 g/mol. The van der Waals surface area contributed by atoms with Crippen LogP contribution in [0, 0.1) is 5.92 Å². The predicted octanol–water partition coefficient (Wildman–Crippen LogP) is 2.13. The standard InChI is InChI=1S/C12H15N3O2S/c1-8(7-18-2)6-15-11-9(12(16)17)4-3-5-10(11)13-14-15/h3-5,8H,6-7H2,1-2H3,(H,16,17). The summed E-state index contributed by atoms with van der Waals surface area (Å²) in [5, 5.41) is 17.3. The van der Waals surface area contributed by atoms with Gasteiger partial charge >= 0.3 is 5.97 Å². The van der Waals surface area contributed by atoms with Crippen LogP contribution in [0.2, 0.25) is 0 Å². The average Bonchev–Trinajstić information content (AvgIpc) is 2.72. The molecule has 0 aliphatic rings. The van der Waals surface area contributed by atoms with Crippen molar-refractivity contribution in [1.29, 1.82) is 0 Å². The molecule has 1 atom stereocenters. The maximum Gasteiger partial charge on any atom is 0.337 e. The van der Waals surface area contributed by atoms with Gasteiger partial charge in [0.15, 0.2) is 0 Å². The third kappa shape index (κ3) is 2.48. The first kappa shape index (κ1) is 12.9. The third-order valence-electron chi connectivity index (χ3n) is 2.70. The van der Waals surface area contributed by atoms with Crippen LogP contribution in [-0.2, 0) is 6.54 Å². The maximum absolute atomic E-state index is 11.2. The quantitative estimate of drug-likeness (QED) is 0.897.